The fourth-order valence-corrected chi connectivity index (χ4v) is 3.19. The molecule has 0 radical (unpaired) electrons. The van der Waals surface area contributed by atoms with Crippen LogP contribution in [0.15, 0.2) is 18.2 Å². The molecular weight excluding hydrogens is 254 g/mol. The quantitative estimate of drug-likeness (QED) is 0.869. The third-order valence-electron chi connectivity index (χ3n) is 4.77. The van der Waals surface area contributed by atoms with E-state index in [0.717, 1.165) is 36.5 Å². The van der Waals surface area contributed by atoms with Crippen LogP contribution in [0.25, 0.3) is 0 Å². The number of hydrogen-bond acceptors (Lipinski definition) is 4. The number of rotatable bonds is 6. The molecule has 20 heavy (non-hydrogen) atoms. The molecule has 1 saturated carbocycles. The minimum atomic E-state index is 0.0936. The van der Waals surface area contributed by atoms with E-state index in [1.807, 2.05) is 18.2 Å². The average Bonchev–Trinajstić information content (AvgIpc) is 2.47. The minimum Gasteiger partial charge on any atom is -0.496 e. The first-order chi connectivity index (χ1) is 9.59. The standard InChI is InChI=1S/C16H25NO3/c1-5-16(6-2)14(17)10-15(16)20-13-8-11(18-3)7-12(9-13)19-4/h7-9,14-15H,5-6,10,17H2,1-4H3. The van der Waals surface area contributed by atoms with E-state index >= 15 is 0 Å². The molecule has 2 rings (SSSR count). The lowest BCUT2D eigenvalue weighted by Gasteiger charge is -2.53. The summed E-state index contributed by atoms with van der Waals surface area (Å²) in [6.45, 7) is 4.37. The van der Waals surface area contributed by atoms with Gasteiger partial charge in [-0.15, -0.1) is 0 Å². The summed E-state index contributed by atoms with van der Waals surface area (Å²) in [4.78, 5) is 0. The van der Waals surface area contributed by atoms with Gasteiger partial charge in [-0.2, -0.15) is 0 Å². The Morgan fingerprint density at radius 3 is 1.95 bits per heavy atom. The van der Waals surface area contributed by atoms with Gasteiger partial charge in [0.25, 0.3) is 0 Å². The summed E-state index contributed by atoms with van der Waals surface area (Å²) in [5.74, 6) is 2.26. The second-order valence-corrected chi connectivity index (χ2v) is 5.44. The molecule has 1 fully saturated rings. The van der Waals surface area contributed by atoms with Gasteiger partial charge in [0, 0.05) is 36.1 Å². The first-order valence-corrected chi connectivity index (χ1v) is 7.25. The Kier molecular flexibility index (Phi) is 4.43. The zero-order valence-corrected chi connectivity index (χ0v) is 12.8. The molecule has 0 heterocycles. The summed E-state index contributed by atoms with van der Waals surface area (Å²) in [6.07, 6.45) is 3.15. The van der Waals surface area contributed by atoms with Crippen LogP contribution < -0.4 is 19.9 Å². The fourth-order valence-electron chi connectivity index (χ4n) is 3.19. The molecular formula is C16H25NO3. The summed E-state index contributed by atoms with van der Waals surface area (Å²) in [6, 6.07) is 5.85. The summed E-state index contributed by atoms with van der Waals surface area (Å²) < 4.78 is 16.7. The van der Waals surface area contributed by atoms with Crippen molar-refractivity contribution in [3.63, 3.8) is 0 Å². The van der Waals surface area contributed by atoms with Gasteiger partial charge < -0.3 is 19.9 Å². The van der Waals surface area contributed by atoms with Crippen molar-refractivity contribution in [1.82, 2.24) is 0 Å². The van der Waals surface area contributed by atoms with Crippen molar-refractivity contribution in [2.75, 3.05) is 14.2 Å². The predicted octanol–water partition coefficient (Wildman–Crippen LogP) is 2.99. The molecule has 1 aliphatic rings. The van der Waals surface area contributed by atoms with E-state index in [4.69, 9.17) is 19.9 Å². The number of nitrogens with two attached hydrogens (primary N) is 1. The summed E-state index contributed by atoms with van der Waals surface area (Å²) >= 11 is 0. The molecule has 4 heteroatoms. The smallest absolute Gasteiger partial charge is 0.127 e. The van der Waals surface area contributed by atoms with Crippen LogP contribution in [0.5, 0.6) is 17.2 Å². The highest BCUT2D eigenvalue weighted by molar-refractivity contribution is 5.42. The summed E-state index contributed by atoms with van der Waals surface area (Å²) in [5, 5.41) is 0. The van der Waals surface area contributed by atoms with Crippen LogP contribution in [0.3, 0.4) is 0 Å². The van der Waals surface area contributed by atoms with Gasteiger partial charge in [0.05, 0.1) is 14.2 Å². The van der Waals surface area contributed by atoms with E-state index in [2.05, 4.69) is 13.8 Å². The predicted molar refractivity (Wildman–Crippen MR) is 79.6 cm³/mol. The molecule has 4 nitrogen and oxygen atoms in total. The molecule has 2 unspecified atom stereocenters. The maximum absolute atomic E-state index is 6.21. The second kappa shape index (κ2) is 5.92. The normalized spacial score (nSPS) is 23.9. The van der Waals surface area contributed by atoms with E-state index in [0.29, 0.717) is 0 Å². The highest BCUT2D eigenvalue weighted by Crippen LogP contribution is 2.48. The van der Waals surface area contributed by atoms with E-state index in [1.165, 1.54) is 0 Å². The molecule has 1 aromatic rings. The van der Waals surface area contributed by atoms with E-state index < -0.39 is 0 Å². The molecule has 1 aromatic carbocycles. The van der Waals surface area contributed by atoms with Crippen LogP contribution in [0.2, 0.25) is 0 Å². The monoisotopic (exact) mass is 279 g/mol. The molecule has 2 N–H and O–H groups in total. The zero-order valence-electron chi connectivity index (χ0n) is 12.8. The maximum atomic E-state index is 6.21. The Labute approximate surface area is 121 Å². The first kappa shape index (κ1) is 15.0. The third-order valence-corrected chi connectivity index (χ3v) is 4.77. The van der Waals surface area contributed by atoms with Gasteiger partial charge in [-0.25, -0.2) is 0 Å². The van der Waals surface area contributed by atoms with Crippen molar-refractivity contribution in [2.24, 2.45) is 11.1 Å². The van der Waals surface area contributed by atoms with Crippen LogP contribution in [0.4, 0.5) is 0 Å². The van der Waals surface area contributed by atoms with Gasteiger partial charge >= 0.3 is 0 Å². The molecule has 0 amide bonds. The Hall–Kier alpha value is -1.42. The fraction of sp³-hybridized carbons (Fsp3) is 0.625. The Balaban J connectivity index is 2.18. The van der Waals surface area contributed by atoms with E-state index in [9.17, 15) is 0 Å². The van der Waals surface area contributed by atoms with Gasteiger partial charge in [-0.1, -0.05) is 13.8 Å². The largest absolute Gasteiger partial charge is 0.496 e. The topological polar surface area (TPSA) is 53.7 Å². The lowest BCUT2D eigenvalue weighted by atomic mass is 9.59. The average molecular weight is 279 g/mol. The molecule has 0 saturated heterocycles. The molecule has 0 bridgehead atoms. The summed E-state index contributed by atoms with van der Waals surface area (Å²) in [7, 11) is 3.28. The highest BCUT2D eigenvalue weighted by Gasteiger charge is 2.52. The van der Waals surface area contributed by atoms with Gasteiger partial charge in [-0.3, -0.25) is 0 Å². The van der Waals surface area contributed by atoms with Crippen molar-refractivity contribution in [2.45, 2.75) is 45.3 Å². The molecule has 112 valence electrons. The first-order valence-electron chi connectivity index (χ1n) is 7.25. The maximum Gasteiger partial charge on any atom is 0.127 e. The number of hydrogen-bond donors (Lipinski definition) is 1. The van der Waals surface area contributed by atoms with Crippen LogP contribution in [0, 0.1) is 5.41 Å². The van der Waals surface area contributed by atoms with Gasteiger partial charge in [0.1, 0.15) is 23.4 Å². The van der Waals surface area contributed by atoms with E-state index in [-0.39, 0.29) is 17.6 Å². The van der Waals surface area contributed by atoms with Crippen molar-refractivity contribution in [1.29, 1.82) is 0 Å². The van der Waals surface area contributed by atoms with Gasteiger partial charge in [-0.05, 0) is 12.8 Å². The van der Waals surface area contributed by atoms with Crippen molar-refractivity contribution in [3.05, 3.63) is 18.2 Å². The Morgan fingerprint density at radius 2 is 1.55 bits per heavy atom. The minimum absolute atomic E-state index is 0.0936. The van der Waals surface area contributed by atoms with Gasteiger partial charge in [0.15, 0.2) is 0 Å². The molecule has 1 aliphatic carbocycles. The highest BCUT2D eigenvalue weighted by atomic mass is 16.5. The van der Waals surface area contributed by atoms with Crippen molar-refractivity contribution < 1.29 is 14.2 Å². The van der Waals surface area contributed by atoms with Crippen LogP contribution in [0.1, 0.15) is 33.1 Å². The van der Waals surface area contributed by atoms with Crippen LogP contribution in [-0.4, -0.2) is 26.4 Å². The van der Waals surface area contributed by atoms with Crippen molar-refractivity contribution in [3.8, 4) is 17.2 Å². The molecule has 0 aromatic heterocycles. The lowest BCUT2D eigenvalue weighted by Crippen LogP contribution is -2.62. The second-order valence-electron chi connectivity index (χ2n) is 5.44. The van der Waals surface area contributed by atoms with E-state index in [1.54, 1.807) is 14.2 Å². The molecule has 0 aliphatic heterocycles. The zero-order chi connectivity index (χ0) is 14.8. The van der Waals surface area contributed by atoms with Gasteiger partial charge in [0.2, 0.25) is 0 Å². The number of ether oxygens (including phenoxy) is 3. The summed E-state index contributed by atoms with van der Waals surface area (Å²) in [5.41, 5.74) is 6.30. The Morgan fingerprint density at radius 1 is 1.05 bits per heavy atom. The number of benzene rings is 1. The van der Waals surface area contributed by atoms with Crippen LogP contribution in [-0.2, 0) is 0 Å². The van der Waals surface area contributed by atoms with Crippen LogP contribution >= 0.6 is 0 Å². The molecule has 0 spiro atoms. The SMILES string of the molecule is CCC1(CC)C(N)CC1Oc1cc(OC)cc(OC)c1. The number of methoxy groups -OCH3 is 2. The third kappa shape index (κ3) is 2.44. The lowest BCUT2D eigenvalue weighted by molar-refractivity contribution is -0.0723. The Bertz CT molecular complexity index is 435. The van der Waals surface area contributed by atoms with Crippen molar-refractivity contribution >= 4 is 0 Å². The molecule has 2 atom stereocenters.